The summed E-state index contributed by atoms with van der Waals surface area (Å²) in [5, 5.41) is 2.91. The van der Waals surface area contributed by atoms with Crippen molar-refractivity contribution in [3.8, 4) is 0 Å². The number of amides is 1. The summed E-state index contributed by atoms with van der Waals surface area (Å²) in [6.45, 7) is 2.97. The summed E-state index contributed by atoms with van der Waals surface area (Å²) in [5.74, 6) is 0.524. The maximum absolute atomic E-state index is 12.7. The maximum Gasteiger partial charge on any atom is 0.287 e. The van der Waals surface area contributed by atoms with Crippen LogP contribution >= 0.6 is 0 Å². The average molecular weight is 392 g/mol. The SMILES string of the molecule is COCc1ccc(C(=O)NC2CCN(S(=O)(=O)c3ccc(C)cc3)CC2)o1. The Morgan fingerprint density at radius 3 is 2.48 bits per heavy atom. The highest BCUT2D eigenvalue weighted by Gasteiger charge is 2.30. The Morgan fingerprint density at radius 1 is 1.19 bits per heavy atom. The quantitative estimate of drug-likeness (QED) is 0.815. The number of piperidine rings is 1. The van der Waals surface area contributed by atoms with E-state index in [1.807, 2.05) is 6.92 Å². The van der Waals surface area contributed by atoms with Crippen LogP contribution in [0.4, 0.5) is 0 Å². The van der Waals surface area contributed by atoms with Gasteiger partial charge in [-0.25, -0.2) is 8.42 Å². The van der Waals surface area contributed by atoms with Crippen molar-refractivity contribution in [3.05, 3.63) is 53.5 Å². The molecule has 0 spiro atoms. The number of carbonyl (C=O) groups excluding carboxylic acids is 1. The standard InChI is InChI=1S/C19H24N2O5S/c1-14-3-6-17(7-4-14)27(23,24)21-11-9-15(10-12-21)20-19(22)18-8-5-16(26-18)13-25-2/h3-8,15H,9-13H2,1-2H3,(H,20,22). The Labute approximate surface area is 159 Å². The number of nitrogens with zero attached hydrogens (tertiary/aromatic N) is 1. The molecule has 1 saturated heterocycles. The Hall–Kier alpha value is -2.16. The van der Waals surface area contributed by atoms with E-state index in [1.54, 1.807) is 43.5 Å². The van der Waals surface area contributed by atoms with Crippen molar-refractivity contribution in [2.24, 2.45) is 0 Å². The van der Waals surface area contributed by atoms with Gasteiger partial charge in [-0.05, 0) is 44.0 Å². The summed E-state index contributed by atoms with van der Waals surface area (Å²) < 4.78 is 37.3. The fourth-order valence-electron chi connectivity index (χ4n) is 3.08. The van der Waals surface area contributed by atoms with Crippen molar-refractivity contribution in [2.45, 2.75) is 37.3 Å². The number of benzene rings is 1. The highest BCUT2D eigenvalue weighted by molar-refractivity contribution is 7.89. The van der Waals surface area contributed by atoms with Gasteiger partial charge in [0.15, 0.2) is 5.76 Å². The van der Waals surface area contributed by atoms with Crippen molar-refractivity contribution in [2.75, 3.05) is 20.2 Å². The topological polar surface area (TPSA) is 88.9 Å². The maximum atomic E-state index is 12.7. The van der Waals surface area contributed by atoms with Gasteiger partial charge in [-0.1, -0.05) is 17.7 Å². The number of methoxy groups -OCH3 is 1. The van der Waals surface area contributed by atoms with Crippen LogP contribution in [0.15, 0.2) is 45.7 Å². The highest BCUT2D eigenvalue weighted by atomic mass is 32.2. The molecule has 0 bridgehead atoms. The number of nitrogens with one attached hydrogen (secondary N) is 1. The fraction of sp³-hybridized carbons (Fsp3) is 0.421. The molecule has 0 atom stereocenters. The first-order chi connectivity index (χ1) is 12.9. The van der Waals surface area contributed by atoms with Crippen LogP contribution in [-0.2, 0) is 21.4 Å². The van der Waals surface area contributed by atoms with Gasteiger partial charge in [0.25, 0.3) is 5.91 Å². The van der Waals surface area contributed by atoms with Crippen LogP contribution in [0, 0.1) is 6.92 Å². The number of carbonyl (C=O) groups is 1. The zero-order valence-electron chi connectivity index (χ0n) is 15.5. The zero-order valence-corrected chi connectivity index (χ0v) is 16.3. The summed E-state index contributed by atoms with van der Waals surface area (Å²) in [6.07, 6.45) is 1.12. The third-order valence-corrected chi connectivity index (χ3v) is 6.53. The molecule has 1 aliphatic heterocycles. The molecule has 0 radical (unpaired) electrons. The lowest BCUT2D eigenvalue weighted by atomic mass is 10.1. The van der Waals surface area contributed by atoms with Gasteiger partial charge in [-0.2, -0.15) is 4.31 Å². The van der Waals surface area contributed by atoms with Crippen LogP contribution < -0.4 is 5.32 Å². The third kappa shape index (κ3) is 4.58. The van der Waals surface area contributed by atoms with E-state index in [1.165, 1.54) is 4.31 Å². The highest BCUT2D eigenvalue weighted by Crippen LogP contribution is 2.21. The van der Waals surface area contributed by atoms with E-state index in [0.717, 1.165) is 5.56 Å². The van der Waals surface area contributed by atoms with Crippen molar-refractivity contribution in [1.29, 1.82) is 0 Å². The Kier molecular flexibility index (Phi) is 5.98. The summed E-state index contributed by atoms with van der Waals surface area (Å²) in [6, 6.07) is 10.1. The molecule has 2 aromatic rings. The second-order valence-corrected chi connectivity index (χ2v) is 8.60. The van der Waals surface area contributed by atoms with Gasteiger partial charge < -0.3 is 14.5 Å². The normalized spacial score (nSPS) is 16.4. The van der Waals surface area contributed by atoms with Crippen LogP contribution in [0.2, 0.25) is 0 Å². The lowest BCUT2D eigenvalue weighted by molar-refractivity contribution is 0.0887. The molecule has 146 valence electrons. The van der Waals surface area contributed by atoms with E-state index in [2.05, 4.69) is 5.32 Å². The molecule has 1 N–H and O–H groups in total. The number of aryl methyl sites for hydroxylation is 1. The first-order valence-corrected chi connectivity index (χ1v) is 10.3. The molecule has 2 heterocycles. The minimum atomic E-state index is -3.50. The monoisotopic (exact) mass is 392 g/mol. The summed E-state index contributed by atoms with van der Waals surface area (Å²) >= 11 is 0. The molecule has 1 aromatic carbocycles. The number of furan rings is 1. The van der Waals surface area contributed by atoms with Crippen molar-refractivity contribution in [1.82, 2.24) is 9.62 Å². The third-order valence-electron chi connectivity index (χ3n) is 4.62. The van der Waals surface area contributed by atoms with Crippen LogP contribution in [0.1, 0.15) is 34.7 Å². The molecule has 0 aliphatic carbocycles. The van der Waals surface area contributed by atoms with Crippen molar-refractivity contribution < 1.29 is 22.4 Å². The Bertz CT molecular complexity index is 881. The molecule has 1 fully saturated rings. The van der Waals surface area contributed by atoms with Gasteiger partial charge in [0.2, 0.25) is 10.0 Å². The summed E-state index contributed by atoms with van der Waals surface area (Å²) in [7, 11) is -1.94. The van der Waals surface area contributed by atoms with Crippen molar-refractivity contribution >= 4 is 15.9 Å². The predicted molar refractivity (Wildman–Crippen MR) is 99.8 cm³/mol. The van der Waals surface area contributed by atoms with Crippen LogP contribution in [0.25, 0.3) is 0 Å². The minimum absolute atomic E-state index is 0.0852. The van der Waals surface area contributed by atoms with E-state index >= 15 is 0 Å². The molecule has 8 heteroatoms. The number of rotatable bonds is 6. The van der Waals surface area contributed by atoms with E-state index in [9.17, 15) is 13.2 Å². The molecule has 0 unspecified atom stereocenters. The van der Waals surface area contributed by atoms with E-state index in [4.69, 9.17) is 9.15 Å². The van der Waals surface area contributed by atoms with Gasteiger partial charge in [-0.15, -0.1) is 0 Å². The van der Waals surface area contributed by atoms with E-state index in [-0.39, 0.29) is 17.7 Å². The predicted octanol–water partition coefficient (Wildman–Crippen LogP) is 2.32. The second kappa shape index (κ2) is 8.24. The van der Waals surface area contributed by atoms with Crippen LogP contribution in [0.3, 0.4) is 0 Å². The van der Waals surface area contributed by atoms with Crippen LogP contribution in [-0.4, -0.2) is 44.9 Å². The number of hydrogen-bond acceptors (Lipinski definition) is 5. The second-order valence-electron chi connectivity index (χ2n) is 6.66. The minimum Gasteiger partial charge on any atom is -0.453 e. The van der Waals surface area contributed by atoms with Gasteiger partial charge >= 0.3 is 0 Å². The summed E-state index contributed by atoms with van der Waals surface area (Å²) in [4.78, 5) is 12.6. The Morgan fingerprint density at radius 2 is 1.85 bits per heavy atom. The molecule has 7 nitrogen and oxygen atoms in total. The van der Waals surface area contributed by atoms with Crippen molar-refractivity contribution in [3.63, 3.8) is 0 Å². The van der Waals surface area contributed by atoms with Gasteiger partial charge in [0.1, 0.15) is 12.4 Å². The molecule has 0 saturated carbocycles. The first kappa shape index (κ1) is 19.6. The van der Waals surface area contributed by atoms with Gasteiger partial charge in [0, 0.05) is 26.2 Å². The lowest BCUT2D eigenvalue weighted by Gasteiger charge is -2.31. The lowest BCUT2D eigenvalue weighted by Crippen LogP contribution is -2.46. The molecule has 27 heavy (non-hydrogen) atoms. The molecule has 1 aromatic heterocycles. The number of sulfonamides is 1. The largest absolute Gasteiger partial charge is 0.453 e. The van der Waals surface area contributed by atoms with Gasteiger partial charge in [-0.3, -0.25) is 4.79 Å². The first-order valence-electron chi connectivity index (χ1n) is 8.85. The molecule has 3 rings (SSSR count). The smallest absolute Gasteiger partial charge is 0.287 e. The molecular weight excluding hydrogens is 368 g/mol. The van der Waals surface area contributed by atoms with Gasteiger partial charge in [0.05, 0.1) is 4.90 Å². The van der Waals surface area contributed by atoms with Crippen LogP contribution in [0.5, 0.6) is 0 Å². The fourth-order valence-corrected chi connectivity index (χ4v) is 4.55. The van der Waals surface area contributed by atoms with E-state index in [0.29, 0.717) is 43.2 Å². The molecule has 1 amide bonds. The number of ether oxygens (including phenoxy) is 1. The Balaban J connectivity index is 1.56. The molecular formula is C19H24N2O5S. The zero-order chi connectivity index (χ0) is 19.4. The molecule has 1 aliphatic rings. The summed E-state index contributed by atoms with van der Waals surface area (Å²) in [5.41, 5.74) is 1.02. The number of hydrogen-bond donors (Lipinski definition) is 1. The van der Waals surface area contributed by atoms with E-state index < -0.39 is 10.0 Å². The average Bonchev–Trinajstić information content (AvgIpc) is 3.12.